The van der Waals surface area contributed by atoms with Gasteiger partial charge in [0.15, 0.2) is 23.0 Å². The van der Waals surface area contributed by atoms with Gasteiger partial charge in [0.1, 0.15) is 0 Å². The van der Waals surface area contributed by atoms with Gasteiger partial charge in [0, 0.05) is 0 Å². The highest BCUT2D eigenvalue weighted by Crippen LogP contribution is 2.36. The zero-order valence-corrected chi connectivity index (χ0v) is 17.9. The maximum absolute atomic E-state index is 12.8. The van der Waals surface area contributed by atoms with Crippen molar-refractivity contribution in [2.45, 2.75) is 0 Å². The van der Waals surface area contributed by atoms with E-state index in [1.807, 2.05) is 0 Å². The van der Waals surface area contributed by atoms with E-state index in [9.17, 15) is 9.59 Å². The molecule has 0 saturated heterocycles. The summed E-state index contributed by atoms with van der Waals surface area (Å²) >= 11 is 0. The molecule has 8 nitrogen and oxygen atoms in total. The normalized spacial score (nSPS) is 13.1. The summed E-state index contributed by atoms with van der Waals surface area (Å²) in [6, 6.07) is 27.2. The summed E-state index contributed by atoms with van der Waals surface area (Å²) in [4.78, 5) is 25.7. The summed E-state index contributed by atoms with van der Waals surface area (Å²) in [7, 11) is 0. The molecule has 8 heteroatoms. The first-order valence-corrected chi connectivity index (χ1v) is 10.5. The Morgan fingerprint density at radius 2 is 0.618 bits per heavy atom. The molecular weight excluding hydrogens is 432 g/mol. The molecule has 0 atom stereocenters. The Labute approximate surface area is 195 Å². The van der Waals surface area contributed by atoms with Gasteiger partial charge in [-0.2, -0.15) is 0 Å². The van der Waals surface area contributed by atoms with Gasteiger partial charge in [0.25, 0.3) is 0 Å². The number of hydrogen-bond donors (Lipinski definition) is 4. The molecule has 0 bridgehead atoms. The monoisotopic (exact) mass is 452 g/mol. The van der Waals surface area contributed by atoms with Crippen LogP contribution < -0.4 is 30.7 Å². The molecule has 1 heterocycles. The van der Waals surface area contributed by atoms with Gasteiger partial charge in [-0.3, -0.25) is 0 Å². The Bertz CT molecular complexity index is 1170. The number of nitrogens with one attached hydrogen (secondary N) is 4. The van der Waals surface area contributed by atoms with Crippen molar-refractivity contribution in [2.24, 2.45) is 0 Å². The van der Waals surface area contributed by atoms with E-state index < -0.39 is 12.1 Å². The number of fused-ring (bicyclic) bond motifs is 4. The standard InChI is InChI=1S/C26H20N4O4/c31-25-27-17-9-1-5-13-21(17)33-22-14-6-2-10-18(22)29-26(32)30-20-12-4-8-16-24(20)34-23-15-7-3-11-19(23)28-25/h1-16H,(H2,27,28,31)(H2,29,30,32). The third-order valence-electron chi connectivity index (χ3n) is 4.98. The summed E-state index contributed by atoms with van der Waals surface area (Å²) in [5.41, 5.74) is 1.82. The molecule has 168 valence electrons. The fraction of sp³-hybridized carbons (Fsp3) is 0. The highest BCUT2D eigenvalue weighted by molar-refractivity contribution is 6.03. The number of hydrogen-bond acceptors (Lipinski definition) is 4. The lowest BCUT2D eigenvalue weighted by Crippen LogP contribution is -2.21. The van der Waals surface area contributed by atoms with Gasteiger partial charge in [-0.1, -0.05) is 48.5 Å². The van der Waals surface area contributed by atoms with Crippen molar-refractivity contribution < 1.29 is 19.1 Å². The zero-order chi connectivity index (χ0) is 23.3. The van der Waals surface area contributed by atoms with E-state index in [-0.39, 0.29) is 0 Å². The Morgan fingerprint density at radius 1 is 0.382 bits per heavy atom. The molecule has 0 unspecified atom stereocenters. The number of carbonyl (C=O) groups excluding carboxylic acids is 2. The first-order valence-electron chi connectivity index (χ1n) is 10.5. The van der Waals surface area contributed by atoms with Crippen LogP contribution in [-0.4, -0.2) is 12.1 Å². The van der Waals surface area contributed by atoms with Gasteiger partial charge in [-0.05, 0) is 48.5 Å². The van der Waals surface area contributed by atoms with Gasteiger partial charge < -0.3 is 30.7 Å². The Morgan fingerprint density at radius 3 is 0.882 bits per heavy atom. The van der Waals surface area contributed by atoms with Gasteiger partial charge in [-0.25, -0.2) is 9.59 Å². The van der Waals surface area contributed by atoms with E-state index in [4.69, 9.17) is 9.47 Å². The SMILES string of the molecule is O=C1Nc2ccccc2Oc2ccccc2NC(=O)Nc2ccccc2Oc2ccccc2N1. The average molecular weight is 452 g/mol. The molecular formula is C26H20N4O4. The largest absolute Gasteiger partial charge is 0.453 e. The van der Waals surface area contributed by atoms with E-state index in [0.717, 1.165) is 0 Å². The summed E-state index contributed by atoms with van der Waals surface area (Å²) in [6.07, 6.45) is 0. The molecule has 0 aromatic heterocycles. The lowest BCUT2D eigenvalue weighted by Gasteiger charge is -2.18. The van der Waals surface area contributed by atoms with Crippen molar-refractivity contribution in [2.75, 3.05) is 21.3 Å². The molecule has 34 heavy (non-hydrogen) atoms. The summed E-state index contributed by atoms with van der Waals surface area (Å²) in [5.74, 6) is 1.65. The van der Waals surface area contributed by atoms with Gasteiger partial charge in [0.05, 0.1) is 22.7 Å². The van der Waals surface area contributed by atoms with Crippen molar-refractivity contribution >= 4 is 34.8 Å². The molecule has 0 radical (unpaired) electrons. The van der Waals surface area contributed by atoms with Crippen LogP contribution in [0.25, 0.3) is 0 Å². The first-order chi connectivity index (χ1) is 16.7. The number of carbonyl (C=O) groups is 2. The number of ether oxygens (including phenoxy) is 2. The van der Waals surface area contributed by atoms with E-state index >= 15 is 0 Å². The van der Waals surface area contributed by atoms with Crippen LogP contribution in [0.3, 0.4) is 0 Å². The predicted octanol–water partition coefficient (Wildman–Crippen LogP) is 6.87. The van der Waals surface area contributed by atoms with E-state index in [2.05, 4.69) is 21.3 Å². The zero-order valence-electron chi connectivity index (χ0n) is 17.9. The number of rotatable bonds is 0. The summed E-state index contributed by atoms with van der Waals surface area (Å²) < 4.78 is 12.1. The fourth-order valence-electron chi connectivity index (χ4n) is 3.42. The second kappa shape index (κ2) is 9.25. The van der Waals surface area contributed by atoms with Crippen LogP contribution in [0.4, 0.5) is 32.3 Å². The Kier molecular flexibility index (Phi) is 5.69. The minimum absolute atomic E-state index is 0.411. The molecule has 0 fully saturated rings. The second-order valence-electron chi connectivity index (χ2n) is 7.35. The minimum Gasteiger partial charge on any atom is -0.453 e. The highest BCUT2D eigenvalue weighted by Gasteiger charge is 2.16. The van der Waals surface area contributed by atoms with Crippen molar-refractivity contribution in [3.8, 4) is 23.0 Å². The van der Waals surface area contributed by atoms with Gasteiger partial charge >= 0.3 is 12.1 Å². The van der Waals surface area contributed by atoms with Crippen LogP contribution in [0.15, 0.2) is 97.1 Å². The number of benzene rings is 4. The first kappa shape index (κ1) is 20.9. The third-order valence-corrected chi connectivity index (χ3v) is 4.98. The molecule has 4 amide bonds. The molecule has 0 saturated carbocycles. The molecule has 1 aliphatic heterocycles. The van der Waals surface area contributed by atoms with Crippen LogP contribution >= 0.6 is 0 Å². The number of amides is 4. The van der Waals surface area contributed by atoms with Crippen molar-refractivity contribution in [3.05, 3.63) is 97.1 Å². The van der Waals surface area contributed by atoms with E-state index in [0.29, 0.717) is 45.7 Å². The third kappa shape index (κ3) is 4.61. The van der Waals surface area contributed by atoms with E-state index in [1.54, 1.807) is 97.1 Å². The minimum atomic E-state index is -0.466. The summed E-state index contributed by atoms with van der Waals surface area (Å²) in [5, 5.41) is 11.2. The Hall–Kier alpha value is -4.98. The van der Waals surface area contributed by atoms with Crippen molar-refractivity contribution in [1.29, 1.82) is 0 Å². The average Bonchev–Trinajstić information content (AvgIpc) is 2.83. The lowest BCUT2D eigenvalue weighted by atomic mass is 10.2. The Balaban J connectivity index is 1.58. The van der Waals surface area contributed by atoms with Crippen LogP contribution in [0.1, 0.15) is 0 Å². The molecule has 1 aliphatic rings. The van der Waals surface area contributed by atoms with Crippen LogP contribution in [0.5, 0.6) is 23.0 Å². The number of urea groups is 2. The maximum atomic E-state index is 12.8. The van der Waals surface area contributed by atoms with Crippen LogP contribution in [-0.2, 0) is 0 Å². The van der Waals surface area contributed by atoms with Crippen molar-refractivity contribution in [1.82, 2.24) is 0 Å². The van der Waals surface area contributed by atoms with Gasteiger partial charge in [0.2, 0.25) is 0 Å². The predicted molar refractivity (Wildman–Crippen MR) is 131 cm³/mol. The smallest absolute Gasteiger partial charge is 0.323 e. The molecule has 4 N–H and O–H groups in total. The molecule has 0 aliphatic carbocycles. The number of para-hydroxylation sites is 8. The van der Waals surface area contributed by atoms with E-state index in [1.165, 1.54) is 0 Å². The maximum Gasteiger partial charge on any atom is 0.323 e. The molecule has 4 aromatic rings. The lowest BCUT2D eigenvalue weighted by molar-refractivity contribution is 0.261. The molecule has 5 rings (SSSR count). The van der Waals surface area contributed by atoms with Crippen molar-refractivity contribution in [3.63, 3.8) is 0 Å². The second-order valence-corrected chi connectivity index (χ2v) is 7.35. The number of anilines is 4. The molecule has 4 aromatic carbocycles. The summed E-state index contributed by atoms with van der Waals surface area (Å²) in [6.45, 7) is 0. The molecule has 0 spiro atoms. The quantitative estimate of drug-likeness (QED) is 0.234. The van der Waals surface area contributed by atoms with Crippen LogP contribution in [0, 0.1) is 0 Å². The topological polar surface area (TPSA) is 101 Å². The van der Waals surface area contributed by atoms with Gasteiger partial charge in [-0.15, -0.1) is 0 Å². The van der Waals surface area contributed by atoms with Crippen LogP contribution in [0.2, 0.25) is 0 Å². The highest BCUT2D eigenvalue weighted by atomic mass is 16.5. The fourth-order valence-corrected chi connectivity index (χ4v) is 3.42.